The first kappa shape index (κ1) is 17.1. The third kappa shape index (κ3) is 4.23. The number of carbonyl (C=O) groups is 2. The number of hydrogen-bond donors (Lipinski definition) is 2. The molecule has 0 saturated carbocycles. The second-order valence-corrected chi connectivity index (χ2v) is 6.50. The van der Waals surface area contributed by atoms with E-state index in [2.05, 4.69) is 15.6 Å². The zero-order valence-electron chi connectivity index (χ0n) is 13.2. The van der Waals surface area contributed by atoms with Gasteiger partial charge in [0.05, 0.1) is 16.3 Å². The van der Waals surface area contributed by atoms with Crippen molar-refractivity contribution in [2.24, 2.45) is 0 Å². The number of rotatable bonds is 4. The van der Waals surface area contributed by atoms with Crippen molar-refractivity contribution in [3.63, 3.8) is 0 Å². The molecule has 2 amide bonds. The average Bonchev–Trinajstić information content (AvgIpc) is 3.04. The fourth-order valence-corrected chi connectivity index (χ4v) is 3.14. The molecule has 0 spiro atoms. The Morgan fingerprint density at radius 3 is 2.44 bits per heavy atom. The van der Waals surface area contributed by atoms with Gasteiger partial charge in [0.1, 0.15) is 0 Å². The summed E-state index contributed by atoms with van der Waals surface area (Å²) in [5.74, 6) is -0.418. The quantitative estimate of drug-likeness (QED) is 0.699. The van der Waals surface area contributed by atoms with Crippen LogP contribution in [0.25, 0.3) is 11.3 Å². The largest absolute Gasteiger partial charge is 0.326 e. The second-order valence-electron chi connectivity index (χ2n) is 5.23. The van der Waals surface area contributed by atoms with Gasteiger partial charge < -0.3 is 5.32 Å². The van der Waals surface area contributed by atoms with Gasteiger partial charge in [-0.05, 0) is 24.3 Å². The zero-order chi connectivity index (χ0) is 17.8. The Morgan fingerprint density at radius 2 is 1.76 bits per heavy atom. The van der Waals surface area contributed by atoms with E-state index in [0.29, 0.717) is 15.7 Å². The third-order valence-corrected chi connectivity index (χ3v) is 4.43. The van der Waals surface area contributed by atoms with Crippen molar-refractivity contribution in [3.05, 3.63) is 64.5 Å². The molecule has 2 N–H and O–H groups in total. The highest BCUT2D eigenvalue weighted by molar-refractivity contribution is 7.14. The molecule has 2 aromatic carbocycles. The highest BCUT2D eigenvalue weighted by atomic mass is 35.5. The second kappa shape index (κ2) is 7.46. The molecule has 0 bridgehead atoms. The topological polar surface area (TPSA) is 71.1 Å². The molecule has 3 aromatic rings. The summed E-state index contributed by atoms with van der Waals surface area (Å²) in [7, 11) is 0. The van der Waals surface area contributed by atoms with Crippen LogP contribution in [0.5, 0.6) is 0 Å². The van der Waals surface area contributed by atoms with E-state index in [1.54, 1.807) is 36.4 Å². The van der Waals surface area contributed by atoms with E-state index in [1.165, 1.54) is 18.3 Å². The van der Waals surface area contributed by atoms with Crippen LogP contribution in [0.2, 0.25) is 5.02 Å². The smallest absolute Gasteiger partial charge is 0.258 e. The van der Waals surface area contributed by atoms with Gasteiger partial charge in [-0.2, -0.15) is 0 Å². The minimum absolute atomic E-state index is 0.119. The summed E-state index contributed by atoms with van der Waals surface area (Å²) >= 11 is 7.36. The number of anilines is 2. The first-order valence-corrected chi connectivity index (χ1v) is 8.68. The zero-order valence-corrected chi connectivity index (χ0v) is 14.8. The normalized spacial score (nSPS) is 10.3. The first-order valence-electron chi connectivity index (χ1n) is 7.42. The summed E-state index contributed by atoms with van der Waals surface area (Å²) in [4.78, 5) is 27.7. The molecule has 0 saturated heterocycles. The molecule has 0 aliphatic heterocycles. The van der Waals surface area contributed by atoms with Crippen LogP contribution in [0.15, 0.2) is 53.9 Å². The van der Waals surface area contributed by atoms with E-state index in [-0.39, 0.29) is 11.8 Å². The lowest BCUT2D eigenvalue weighted by Crippen LogP contribution is -2.12. The Bertz CT molecular complexity index is 922. The molecular formula is C18H14ClN3O2S. The van der Waals surface area contributed by atoms with Crippen molar-refractivity contribution in [2.75, 3.05) is 10.6 Å². The average molecular weight is 372 g/mol. The molecule has 0 fully saturated rings. The van der Waals surface area contributed by atoms with Gasteiger partial charge in [-0.25, -0.2) is 4.98 Å². The van der Waals surface area contributed by atoms with Gasteiger partial charge in [0.15, 0.2) is 5.13 Å². The Hall–Kier alpha value is -2.70. The lowest BCUT2D eigenvalue weighted by Gasteiger charge is -2.04. The molecule has 3 rings (SSSR count). The number of nitrogens with one attached hydrogen (secondary N) is 2. The first-order chi connectivity index (χ1) is 12.0. The molecule has 126 valence electrons. The summed E-state index contributed by atoms with van der Waals surface area (Å²) in [6, 6.07) is 14.2. The fraction of sp³-hybridized carbons (Fsp3) is 0.0556. The van der Waals surface area contributed by atoms with Crippen LogP contribution in [0.4, 0.5) is 10.8 Å². The predicted molar refractivity (Wildman–Crippen MR) is 101 cm³/mol. The van der Waals surface area contributed by atoms with Crippen LogP contribution in [0.3, 0.4) is 0 Å². The van der Waals surface area contributed by atoms with Crippen molar-refractivity contribution in [1.82, 2.24) is 4.98 Å². The van der Waals surface area contributed by atoms with Gasteiger partial charge in [0.2, 0.25) is 5.91 Å². The van der Waals surface area contributed by atoms with Crippen LogP contribution in [-0.2, 0) is 4.79 Å². The van der Waals surface area contributed by atoms with Gasteiger partial charge >= 0.3 is 0 Å². The van der Waals surface area contributed by atoms with Gasteiger partial charge in [-0.15, -0.1) is 11.3 Å². The lowest BCUT2D eigenvalue weighted by atomic mass is 10.1. The van der Waals surface area contributed by atoms with Crippen LogP contribution in [0, 0.1) is 0 Å². The fourth-order valence-electron chi connectivity index (χ4n) is 2.20. The van der Waals surface area contributed by atoms with Gasteiger partial charge in [0.25, 0.3) is 5.91 Å². The van der Waals surface area contributed by atoms with E-state index < -0.39 is 0 Å². The summed E-state index contributed by atoms with van der Waals surface area (Å²) in [6.45, 7) is 1.46. The van der Waals surface area contributed by atoms with E-state index in [1.807, 2.05) is 17.5 Å². The Labute approximate surface area is 153 Å². The Kier molecular flexibility index (Phi) is 5.11. The molecule has 25 heavy (non-hydrogen) atoms. The Balaban J connectivity index is 1.73. The van der Waals surface area contributed by atoms with Crippen molar-refractivity contribution in [2.45, 2.75) is 6.92 Å². The van der Waals surface area contributed by atoms with Crippen LogP contribution >= 0.6 is 22.9 Å². The van der Waals surface area contributed by atoms with Crippen molar-refractivity contribution in [1.29, 1.82) is 0 Å². The minimum Gasteiger partial charge on any atom is -0.326 e. The molecule has 0 atom stereocenters. The molecular weight excluding hydrogens is 358 g/mol. The SMILES string of the molecule is CC(=O)Nc1ccc(-c2csc(NC(=O)c3ccccc3Cl)n2)cc1. The predicted octanol–water partition coefficient (Wildman–Crippen LogP) is 4.67. The summed E-state index contributed by atoms with van der Waals surface area (Å²) < 4.78 is 0. The molecule has 0 radical (unpaired) electrons. The van der Waals surface area contributed by atoms with Crippen LogP contribution in [-0.4, -0.2) is 16.8 Å². The number of benzene rings is 2. The van der Waals surface area contributed by atoms with E-state index in [9.17, 15) is 9.59 Å². The van der Waals surface area contributed by atoms with E-state index in [0.717, 1.165) is 16.9 Å². The van der Waals surface area contributed by atoms with Crippen LogP contribution in [0.1, 0.15) is 17.3 Å². The summed E-state index contributed by atoms with van der Waals surface area (Å²) in [5.41, 5.74) is 2.76. The van der Waals surface area contributed by atoms with Gasteiger partial charge in [-0.1, -0.05) is 35.9 Å². The Morgan fingerprint density at radius 1 is 1.04 bits per heavy atom. The van der Waals surface area contributed by atoms with Gasteiger partial charge in [-0.3, -0.25) is 14.9 Å². The lowest BCUT2D eigenvalue weighted by molar-refractivity contribution is -0.114. The van der Waals surface area contributed by atoms with Crippen LogP contribution < -0.4 is 10.6 Å². The number of hydrogen-bond acceptors (Lipinski definition) is 4. The number of amides is 2. The van der Waals surface area contributed by atoms with Crippen molar-refractivity contribution < 1.29 is 9.59 Å². The molecule has 5 nitrogen and oxygen atoms in total. The molecule has 1 heterocycles. The number of aromatic nitrogens is 1. The molecule has 0 aliphatic rings. The molecule has 7 heteroatoms. The van der Waals surface area contributed by atoms with Crippen molar-refractivity contribution >= 4 is 45.6 Å². The van der Waals surface area contributed by atoms with Gasteiger partial charge in [0, 0.05) is 23.6 Å². The summed E-state index contributed by atoms with van der Waals surface area (Å²) in [5, 5.41) is 8.21. The minimum atomic E-state index is -0.299. The standard InChI is InChI=1S/C18H14ClN3O2S/c1-11(23)20-13-8-6-12(7-9-13)16-10-25-18(21-16)22-17(24)14-4-2-3-5-15(14)19/h2-10H,1H3,(H,20,23)(H,21,22,24). The number of halogens is 1. The molecule has 0 unspecified atom stereocenters. The number of carbonyl (C=O) groups excluding carboxylic acids is 2. The number of nitrogens with zero attached hydrogens (tertiary/aromatic N) is 1. The number of thiazole rings is 1. The van der Waals surface area contributed by atoms with Crippen molar-refractivity contribution in [3.8, 4) is 11.3 Å². The monoisotopic (exact) mass is 371 g/mol. The molecule has 1 aromatic heterocycles. The maximum atomic E-state index is 12.3. The van der Waals surface area contributed by atoms with E-state index >= 15 is 0 Å². The maximum Gasteiger partial charge on any atom is 0.258 e. The highest BCUT2D eigenvalue weighted by Gasteiger charge is 2.12. The molecule has 0 aliphatic carbocycles. The third-order valence-electron chi connectivity index (χ3n) is 3.34. The maximum absolute atomic E-state index is 12.3. The summed E-state index contributed by atoms with van der Waals surface area (Å²) in [6.07, 6.45) is 0. The van der Waals surface area contributed by atoms with E-state index in [4.69, 9.17) is 11.6 Å². The highest BCUT2D eigenvalue weighted by Crippen LogP contribution is 2.27.